The standard InChI is InChI=1S/C15H33N/c1-7-9-10-14(16-11-8-2)12-13(3)15(4,5)6/h13-14,16H,7-12H2,1-6H3. The summed E-state index contributed by atoms with van der Waals surface area (Å²) in [6, 6.07) is 0.731. The number of nitrogens with one attached hydrogen (secondary N) is 1. The Kier molecular flexibility index (Phi) is 8.09. The maximum absolute atomic E-state index is 3.71. The third-order valence-electron chi connectivity index (χ3n) is 3.71. The zero-order valence-corrected chi connectivity index (χ0v) is 12.4. The summed E-state index contributed by atoms with van der Waals surface area (Å²) < 4.78 is 0. The molecule has 98 valence electrons. The Morgan fingerprint density at radius 1 is 1.06 bits per heavy atom. The molecule has 0 heterocycles. The van der Waals surface area contributed by atoms with Crippen molar-refractivity contribution in [3.63, 3.8) is 0 Å². The highest BCUT2D eigenvalue weighted by molar-refractivity contribution is 4.77. The molecule has 0 spiro atoms. The third kappa shape index (κ3) is 7.27. The van der Waals surface area contributed by atoms with Crippen molar-refractivity contribution in [2.24, 2.45) is 11.3 Å². The summed E-state index contributed by atoms with van der Waals surface area (Å²) in [4.78, 5) is 0. The minimum atomic E-state index is 0.443. The molecule has 0 aliphatic rings. The summed E-state index contributed by atoms with van der Waals surface area (Å²) in [5, 5.41) is 3.71. The molecule has 2 unspecified atom stereocenters. The van der Waals surface area contributed by atoms with E-state index in [0.29, 0.717) is 5.41 Å². The lowest BCUT2D eigenvalue weighted by Gasteiger charge is -2.31. The van der Waals surface area contributed by atoms with Crippen molar-refractivity contribution in [1.29, 1.82) is 0 Å². The second kappa shape index (κ2) is 8.11. The first-order valence-corrected chi connectivity index (χ1v) is 7.15. The average Bonchev–Trinajstić information content (AvgIpc) is 2.20. The summed E-state index contributed by atoms with van der Waals surface area (Å²) >= 11 is 0. The van der Waals surface area contributed by atoms with E-state index in [4.69, 9.17) is 0 Å². The first-order valence-electron chi connectivity index (χ1n) is 7.15. The average molecular weight is 227 g/mol. The summed E-state index contributed by atoms with van der Waals surface area (Å²) in [5.41, 5.74) is 0.443. The topological polar surface area (TPSA) is 12.0 Å². The summed E-state index contributed by atoms with van der Waals surface area (Å²) in [5.74, 6) is 0.790. The van der Waals surface area contributed by atoms with Crippen LogP contribution in [0.3, 0.4) is 0 Å². The van der Waals surface area contributed by atoms with Crippen molar-refractivity contribution in [1.82, 2.24) is 5.32 Å². The van der Waals surface area contributed by atoms with Gasteiger partial charge in [0, 0.05) is 6.04 Å². The van der Waals surface area contributed by atoms with E-state index in [9.17, 15) is 0 Å². The van der Waals surface area contributed by atoms with Gasteiger partial charge in [-0.1, -0.05) is 54.4 Å². The van der Waals surface area contributed by atoms with Crippen LogP contribution in [0, 0.1) is 11.3 Å². The quantitative estimate of drug-likeness (QED) is 0.638. The molecule has 0 fully saturated rings. The van der Waals surface area contributed by atoms with E-state index in [0.717, 1.165) is 12.0 Å². The minimum absolute atomic E-state index is 0.443. The number of rotatable bonds is 8. The van der Waals surface area contributed by atoms with Gasteiger partial charge in [-0.2, -0.15) is 0 Å². The Labute approximate surface area is 103 Å². The maximum Gasteiger partial charge on any atom is 0.00697 e. The smallest absolute Gasteiger partial charge is 0.00697 e. The van der Waals surface area contributed by atoms with Gasteiger partial charge < -0.3 is 5.32 Å². The van der Waals surface area contributed by atoms with Crippen LogP contribution in [0.2, 0.25) is 0 Å². The van der Waals surface area contributed by atoms with Crippen LogP contribution in [0.4, 0.5) is 0 Å². The molecule has 16 heavy (non-hydrogen) atoms. The van der Waals surface area contributed by atoms with Gasteiger partial charge in [0.25, 0.3) is 0 Å². The molecule has 0 aromatic carbocycles. The molecule has 0 aliphatic carbocycles. The van der Waals surface area contributed by atoms with E-state index < -0.39 is 0 Å². The maximum atomic E-state index is 3.71. The summed E-state index contributed by atoms with van der Waals surface area (Å²) in [7, 11) is 0. The Morgan fingerprint density at radius 3 is 2.12 bits per heavy atom. The SMILES string of the molecule is CCCCC(CC(C)C(C)(C)C)NCCC. The highest BCUT2D eigenvalue weighted by Crippen LogP contribution is 2.29. The normalized spacial score (nSPS) is 16.1. The van der Waals surface area contributed by atoms with Gasteiger partial charge in [0.05, 0.1) is 0 Å². The largest absolute Gasteiger partial charge is 0.314 e. The van der Waals surface area contributed by atoms with Crippen molar-refractivity contribution in [3.05, 3.63) is 0 Å². The molecular weight excluding hydrogens is 194 g/mol. The van der Waals surface area contributed by atoms with Crippen LogP contribution >= 0.6 is 0 Å². The van der Waals surface area contributed by atoms with Gasteiger partial charge in [-0.3, -0.25) is 0 Å². The zero-order chi connectivity index (χ0) is 12.6. The Hall–Kier alpha value is -0.0400. The Morgan fingerprint density at radius 2 is 1.69 bits per heavy atom. The first kappa shape index (κ1) is 16.0. The van der Waals surface area contributed by atoms with Gasteiger partial charge in [-0.25, -0.2) is 0 Å². The molecule has 0 saturated heterocycles. The fourth-order valence-corrected chi connectivity index (χ4v) is 1.88. The van der Waals surface area contributed by atoms with E-state index in [1.54, 1.807) is 0 Å². The minimum Gasteiger partial charge on any atom is -0.314 e. The third-order valence-corrected chi connectivity index (χ3v) is 3.71. The molecule has 1 N–H and O–H groups in total. The van der Waals surface area contributed by atoms with Crippen LogP contribution in [-0.4, -0.2) is 12.6 Å². The highest BCUT2D eigenvalue weighted by atomic mass is 14.9. The predicted molar refractivity (Wildman–Crippen MR) is 74.8 cm³/mol. The van der Waals surface area contributed by atoms with Crippen molar-refractivity contribution < 1.29 is 0 Å². The summed E-state index contributed by atoms with van der Waals surface area (Å²) in [6.45, 7) is 15.2. The van der Waals surface area contributed by atoms with Gasteiger partial charge in [0.2, 0.25) is 0 Å². The molecule has 0 bridgehead atoms. The molecule has 0 rings (SSSR count). The molecule has 0 aromatic heterocycles. The van der Waals surface area contributed by atoms with Gasteiger partial charge in [0.15, 0.2) is 0 Å². The van der Waals surface area contributed by atoms with Crippen molar-refractivity contribution in [3.8, 4) is 0 Å². The zero-order valence-electron chi connectivity index (χ0n) is 12.4. The van der Waals surface area contributed by atoms with Crippen LogP contribution in [0.15, 0.2) is 0 Å². The van der Waals surface area contributed by atoms with Gasteiger partial charge in [0.1, 0.15) is 0 Å². The van der Waals surface area contributed by atoms with E-state index in [1.165, 1.54) is 38.6 Å². The van der Waals surface area contributed by atoms with Crippen molar-refractivity contribution >= 4 is 0 Å². The van der Waals surface area contributed by atoms with E-state index in [-0.39, 0.29) is 0 Å². The lowest BCUT2D eigenvalue weighted by Crippen LogP contribution is -2.34. The summed E-state index contributed by atoms with van der Waals surface area (Å²) in [6.07, 6.45) is 6.58. The molecule has 1 heteroatoms. The van der Waals surface area contributed by atoms with Crippen molar-refractivity contribution in [2.75, 3.05) is 6.54 Å². The van der Waals surface area contributed by atoms with Crippen LogP contribution in [0.5, 0.6) is 0 Å². The molecule has 0 aromatic rings. The molecular formula is C15H33N. The molecule has 0 radical (unpaired) electrons. The number of hydrogen-bond donors (Lipinski definition) is 1. The molecule has 1 nitrogen and oxygen atoms in total. The molecule has 0 aliphatic heterocycles. The Balaban J connectivity index is 4.07. The van der Waals surface area contributed by atoms with Gasteiger partial charge >= 0.3 is 0 Å². The van der Waals surface area contributed by atoms with Crippen LogP contribution in [0.1, 0.15) is 73.6 Å². The predicted octanol–water partition coefficient (Wildman–Crippen LogP) is 4.62. The van der Waals surface area contributed by atoms with Crippen LogP contribution < -0.4 is 5.32 Å². The second-order valence-corrected chi connectivity index (χ2v) is 6.30. The molecule has 2 atom stereocenters. The lowest BCUT2D eigenvalue weighted by atomic mass is 9.78. The van der Waals surface area contributed by atoms with Gasteiger partial charge in [-0.15, -0.1) is 0 Å². The number of hydrogen-bond acceptors (Lipinski definition) is 1. The first-order chi connectivity index (χ1) is 7.41. The van der Waals surface area contributed by atoms with E-state index >= 15 is 0 Å². The van der Waals surface area contributed by atoms with E-state index in [1.807, 2.05) is 0 Å². The number of unbranched alkanes of at least 4 members (excludes halogenated alkanes) is 1. The second-order valence-electron chi connectivity index (χ2n) is 6.30. The van der Waals surface area contributed by atoms with Gasteiger partial charge in [-0.05, 0) is 37.1 Å². The Bertz CT molecular complexity index is 149. The fraction of sp³-hybridized carbons (Fsp3) is 1.00. The van der Waals surface area contributed by atoms with Crippen molar-refractivity contribution in [2.45, 2.75) is 79.7 Å². The van der Waals surface area contributed by atoms with Crippen LogP contribution in [0.25, 0.3) is 0 Å². The molecule has 0 amide bonds. The molecule has 0 saturated carbocycles. The van der Waals surface area contributed by atoms with E-state index in [2.05, 4.69) is 46.9 Å². The fourth-order valence-electron chi connectivity index (χ4n) is 1.88. The lowest BCUT2D eigenvalue weighted by molar-refractivity contribution is 0.218. The monoisotopic (exact) mass is 227 g/mol. The van der Waals surface area contributed by atoms with Crippen LogP contribution in [-0.2, 0) is 0 Å². The highest BCUT2D eigenvalue weighted by Gasteiger charge is 2.22.